The molecule has 31 heavy (non-hydrogen) atoms. The second kappa shape index (κ2) is 12.4. The zero-order valence-corrected chi connectivity index (χ0v) is 16.6. The van der Waals surface area contributed by atoms with Gasteiger partial charge < -0.3 is 14.2 Å². The number of benzene rings is 1. The van der Waals surface area contributed by atoms with Crippen LogP contribution in [0.15, 0.2) is 12.1 Å². The van der Waals surface area contributed by atoms with Gasteiger partial charge in [0.15, 0.2) is 0 Å². The molecule has 0 atom stereocenters. The molecule has 0 aliphatic heterocycles. The molecule has 0 saturated carbocycles. The summed E-state index contributed by atoms with van der Waals surface area (Å²) in [5, 5.41) is 18.4. The fourth-order valence-electron chi connectivity index (χ4n) is 2.12. The molecule has 0 amide bonds. The molecule has 0 aliphatic carbocycles. The number of carbonyl (C=O) groups excluding carboxylic acids is 1. The predicted molar refractivity (Wildman–Crippen MR) is 102 cm³/mol. The minimum atomic E-state index is -4.69. The van der Waals surface area contributed by atoms with E-state index in [1.54, 1.807) is 12.1 Å². The van der Waals surface area contributed by atoms with E-state index >= 15 is 0 Å². The minimum Gasteiger partial charge on any atom is -0.494 e. The van der Waals surface area contributed by atoms with Crippen LogP contribution in [0.2, 0.25) is 0 Å². The van der Waals surface area contributed by atoms with Crippen LogP contribution < -0.4 is 19.9 Å². The van der Waals surface area contributed by atoms with Gasteiger partial charge in [0.05, 0.1) is 38.5 Å². The third-order valence-electron chi connectivity index (χ3n) is 3.33. The maximum absolute atomic E-state index is 10.6. The Bertz CT molecular complexity index is 1180. The molecule has 13 heteroatoms. The number of hydrogen-bond donors (Lipinski definition) is 1. The Hall–Kier alpha value is -4.14. The molecule has 0 radical (unpaired) electrons. The van der Waals surface area contributed by atoms with Gasteiger partial charge in [0.2, 0.25) is 0 Å². The summed E-state index contributed by atoms with van der Waals surface area (Å²) in [7, 11) is -4.69. The smallest absolute Gasteiger partial charge is 0.397 e. The molecule has 1 aromatic rings. The van der Waals surface area contributed by atoms with E-state index in [0.717, 1.165) is 0 Å². The standard InChI is InChI=1S/C18H14N4O8S/c1-21-15(10-19)13-9-18(29-6-7-30-31(24,25)26)14(16(11-20)22-2)8-17(13)28-5-3-4-27-12-23/h8-9,12H,3-7H2,(H,24,25,26)/b15-13-,16-14+. The SMILES string of the molecule is [C-]#[N+]/C(C#N)=c1/cc(OCCOS(=O)(=O)O)/c(=C(\C#N)[N+]#[C-])cc1OCCCOC=O. The molecule has 0 spiro atoms. The van der Waals surface area contributed by atoms with E-state index in [2.05, 4.69) is 18.6 Å². The van der Waals surface area contributed by atoms with E-state index in [9.17, 15) is 23.7 Å². The maximum atomic E-state index is 10.6. The first kappa shape index (κ1) is 24.9. The maximum Gasteiger partial charge on any atom is 0.397 e. The summed E-state index contributed by atoms with van der Waals surface area (Å²) in [6, 6.07) is 5.80. The largest absolute Gasteiger partial charge is 0.494 e. The fourth-order valence-corrected chi connectivity index (χ4v) is 2.40. The molecule has 0 unspecified atom stereocenters. The molecule has 0 fully saturated rings. The van der Waals surface area contributed by atoms with Crippen molar-refractivity contribution in [3.05, 3.63) is 45.4 Å². The summed E-state index contributed by atoms with van der Waals surface area (Å²) in [6.45, 7) is 13.7. The van der Waals surface area contributed by atoms with E-state index in [4.69, 9.17) is 27.2 Å². The number of nitrogens with zero attached hydrogens (tertiary/aromatic N) is 4. The molecular formula is C18H14N4O8S. The van der Waals surface area contributed by atoms with Crippen LogP contribution in [0.1, 0.15) is 6.42 Å². The first-order chi connectivity index (χ1) is 14.8. The Labute approximate surface area is 177 Å². The topological polar surface area (TPSA) is 165 Å². The zero-order valence-electron chi connectivity index (χ0n) is 15.8. The molecule has 0 aromatic heterocycles. The fraction of sp³-hybridized carbons (Fsp3) is 0.278. The molecule has 1 N–H and O–H groups in total. The van der Waals surface area contributed by atoms with E-state index in [1.165, 1.54) is 12.1 Å². The highest BCUT2D eigenvalue weighted by Gasteiger charge is 2.12. The van der Waals surface area contributed by atoms with Gasteiger partial charge in [-0.1, -0.05) is 0 Å². The van der Waals surface area contributed by atoms with Crippen LogP contribution in [0.5, 0.6) is 11.5 Å². The van der Waals surface area contributed by atoms with Gasteiger partial charge in [-0.05, 0) is 12.1 Å². The van der Waals surface area contributed by atoms with Crippen molar-refractivity contribution in [2.75, 3.05) is 26.4 Å². The van der Waals surface area contributed by atoms with Gasteiger partial charge >= 0.3 is 10.4 Å². The summed E-state index contributed by atoms with van der Waals surface area (Å²) >= 11 is 0. The molecule has 160 valence electrons. The van der Waals surface area contributed by atoms with Gasteiger partial charge in [-0.15, -0.1) is 0 Å². The average molecular weight is 446 g/mol. The normalized spacial score (nSPS) is 12.2. The van der Waals surface area contributed by atoms with Crippen LogP contribution in [-0.4, -0.2) is 45.9 Å². The summed E-state index contributed by atoms with van der Waals surface area (Å²) in [4.78, 5) is 16.4. The summed E-state index contributed by atoms with van der Waals surface area (Å²) in [5.41, 5.74) is -0.765. The molecule has 1 aromatic carbocycles. The number of carbonyl (C=O) groups is 1. The second-order valence-electron chi connectivity index (χ2n) is 5.26. The van der Waals surface area contributed by atoms with Crippen molar-refractivity contribution >= 4 is 28.3 Å². The molecule has 0 bridgehead atoms. The molecule has 0 aliphatic rings. The van der Waals surface area contributed by atoms with Crippen LogP contribution >= 0.6 is 0 Å². The number of rotatable bonds is 11. The second-order valence-corrected chi connectivity index (χ2v) is 6.35. The number of nitriles is 2. The number of ether oxygens (including phenoxy) is 3. The van der Waals surface area contributed by atoms with Crippen LogP contribution in [0, 0.1) is 35.8 Å². The first-order valence-corrected chi connectivity index (χ1v) is 9.58. The quantitative estimate of drug-likeness (QED) is 0.210. The van der Waals surface area contributed by atoms with Crippen molar-refractivity contribution in [1.29, 1.82) is 10.5 Å². The average Bonchev–Trinajstić information content (AvgIpc) is 2.73. The van der Waals surface area contributed by atoms with Crippen LogP contribution in [0.25, 0.3) is 21.1 Å². The molecule has 0 saturated heterocycles. The van der Waals surface area contributed by atoms with E-state index < -0.39 is 29.3 Å². The van der Waals surface area contributed by atoms with Gasteiger partial charge in [-0.25, -0.2) is 24.4 Å². The lowest BCUT2D eigenvalue weighted by Gasteiger charge is -2.12. The van der Waals surface area contributed by atoms with Crippen LogP contribution in [0.4, 0.5) is 0 Å². The third kappa shape index (κ3) is 8.01. The van der Waals surface area contributed by atoms with E-state index in [1.807, 2.05) is 0 Å². The van der Waals surface area contributed by atoms with Crippen molar-refractivity contribution in [2.45, 2.75) is 6.42 Å². The van der Waals surface area contributed by atoms with Crippen LogP contribution in [-0.2, 0) is 24.1 Å². The van der Waals surface area contributed by atoms with E-state index in [0.29, 0.717) is 0 Å². The first-order valence-electron chi connectivity index (χ1n) is 8.21. The molecule has 1 rings (SSSR count). The van der Waals surface area contributed by atoms with Gasteiger partial charge in [-0.2, -0.15) is 8.42 Å². The van der Waals surface area contributed by atoms with Crippen molar-refractivity contribution in [2.24, 2.45) is 0 Å². The Morgan fingerprint density at radius 2 is 1.52 bits per heavy atom. The number of hydrogen-bond acceptors (Lipinski definition) is 9. The monoisotopic (exact) mass is 446 g/mol. The van der Waals surface area contributed by atoms with Crippen LogP contribution in [0.3, 0.4) is 0 Å². The van der Waals surface area contributed by atoms with Gasteiger partial charge in [0, 0.05) is 16.9 Å². The van der Waals surface area contributed by atoms with Gasteiger partial charge in [-0.3, -0.25) is 9.35 Å². The third-order valence-corrected chi connectivity index (χ3v) is 3.80. The van der Waals surface area contributed by atoms with Crippen molar-refractivity contribution in [1.82, 2.24) is 0 Å². The lowest BCUT2D eigenvalue weighted by molar-refractivity contribution is -0.128. The lowest BCUT2D eigenvalue weighted by atomic mass is 10.1. The highest BCUT2D eigenvalue weighted by molar-refractivity contribution is 7.80. The summed E-state index contributed by atoms with van der Waals surface area (Å²) in [6.07, 6.45) is 0.288. The van der Waals surface area contributed by atoms with Gasteiger partial charge in [0.25, 0.3) is 17.9 Å². The Balaban J connectivity index is 3.50. The van der Waals surface area contributed by atoms with E-state index in [-0.39, 0.29) is 53.7 Å². The van der Waals surface area contributed by atoms with Crippen molar-refractivity contribution < 1.29 is 36.2 Å². The van der Waals surface area contributed by atoms with Crippen molar-refractivity contribution in [3.63, 3.8) is 0 Å². The lowest BCUT2D eigenvalue weighted by Crippen LogP contribution is -2.22. The summed E-state index contributed by atoms with van der Waals surface area (Å²) < 4.78 is 49.4. The van der Waals surface area contributed by atoms with Crippen molar-refractivity contribution in [3.8, 4) is 23.6 Å². The Morgan fingerprint density at radius 1 is 1.00 bits per heavy atom. The minimum absolute atomic E-state index is 0.00512. The highest BCUT2D eigenvalue weighted by atomic mass is 32.3. The van der Waals surface area contributed by atoms with Gasteiger partial charge in [0.1, 0.15) is 24.7 Å². The predicted octanol–water partition coefficient (Wildman–Crippen LogP) is -0.0712. The highest BCUT2D eigenvalue weighted by Crippen LogP contribution is 2.13. The molecular weight excluding hydrogens is 432 g/mol. The Kier molecular flexibility index (Phi) is 9.98. The molecule has 12 nitrogen and oxygen atoms in total. The molecule has 0 heterocycles. The summed E-state index contributed by atoms with van der Waals surface area (Å²) in [5.74, 6) is -0.110. The zero-order chi connectivity index (χ0) is 23.3. The Morgan fingerprint density at radius 3 is 1.94 bits per heavy atom.